The number of hydrogen-bond acceptors (Lipinski definition) is 5. The van der Waals surface area contributed by atoms with E-state index in [0.717, 1.165) is 31.5 Å². The van der Waals surface area contributed by atoms with Crippen molar-refractivity contribution in [2.45, 2.75) is 25.0 Å². The number of carbonyl (C=O) groups excluding carboxylic acids is 1. The van der Waals surface area contributed by atoms with Gasteiger partial charge < -0.3 is 20.1 Å². The standard InChI is InChI=1S/C20H25N3O3/c1-26-17-6-4-16(5-7-17)20(25)22-18(14-23-12-2-3-13-23)19(24)15-8-10-21-11-9-15/h4-11,18-19,24H,2-3,12-14H2,1H3,(H,22,25)/t18-,19-/m0/s1. The molecule has 0 spiro atoms. The van der Waals surface area contributed by atoms with Crippen molar-refractivity contribution in [3.05, 3.63) is 59.9 Å². The quantitative estimate of drug-likeness (QED) is 0.795. The Morgan fingerprint density at radius 1 is 1.19 bits per heavy atom. The van der Waals surface area contributed by atoms with Crippen molar-refractivity contribution in [2.24, 2.45) is 0 Å². The van der Waals surface area contributed by atoms with Gasteiger partial charge in [0.25, 0.3) is 5.91 Å². The van der Waals surface area contributed by atoms with Crippen LogP contribution in [0.15, 0.2) is 48.8 Å². The van der Waals surface area contributed by atoms with Crippen LogP contribution in [0.4, 0.5) is 0 Å². The average Bonchev–Trinajstić information content (AvgIpc) is 3.20. The number of likely N-dealkylation sites (tertiary alicyclic amines) is 1. The Balaban J connectivity index is 1.74. The van der Waals surface area contributed by atoms with Crippen LogP contribution < -0.4 is 10.1 Å². The molecule has 2 heterocycles. The van der Waals surface area contributed by atoms with Crippen LogP contribution in [0.2, 0.25) is 0 Å². The first-order valence-electron chi connectivity index (χ1n) is 8.92. The monoisotopic (exact) mass is 355 g/mol. The van der Waals surface area contributed by atoms with Gasteiger partial charge in [0.2, 0.25) is 0 Å². The molecule has 1 saturated heterocycles. The number of ether oxygens (including phenoxy) is 1. The number of rotatable bonds is 7. The van der Waals surface area contributed by atoms with E-state index in [2.05, 4.69) is 15.2 Å². The van der Waals surface area contributed by atoms with Crippen molar-refractivity contribution in [3.8, 4) is 5.75 Å². The highest BCUT2D eigenvalue weighted by Gasteiger charge is 2.27. The first-order chi connectivity index (χ1) is 12.7. The third-order valence-corrected chi connectivity index (χ3v) is 4.75. The summed E-state index contributed by atoms with van der Waals surface area (Å²) in [4.78, 5) is 18.9. The van der Waals surface area contributed by atoms with Crippen molar-refractivity contribution >= 4 is 5.91 Å². The lowest BCUT2D eigenvalue weighted by Crippen LogP contribution is -2.46. The summed E-state index contributed by atoms with van der Waals surface area (Å²) in [5.74, 6) is 0.497. The Bertz CT molecular complexity index is 700. The molecule has 2 N–H and O–H groups in total. The minimum Gasteiger partial charge on any atom is -0.497 e. The molecule has 0 bridgehead atoms. The van der Waals surface area contributed by atoms with Crippen molar-refractivity contribution in [1.82, 2.24) is 15.2 Å². The van der Waals surface area contributed by atoms with E-state index in [9.17, 15) is 9.90 Å². The molecule has 1 aromatic carbocycles. The number of amides is 1. The first-order valence-corrected chi connectivity index (χ1v) is 8.92. The molecule has 1 aliphatic rings. The van der Waals surface area contributed by atoms with Gasteiger partial charge in [-0.25, -0.2) is 0 Å². The lowest BCUT2D eigenvalue weighted by atomic mass is 10.0. The fraction of sp³-hybridized carbons (Fsp3) is 0.400. The third-order valence-electron chi connectivity index (χ3n) is 4.75. The molecule has 6 heteroatoms. The second kappa shape index (κ2) is 8.78. The number of aliphatic hydroxyl groups is 1. The predicted octanol–water partition coefficient (Wildman–Crippen LogP) is 2.02. The van der Waals surface area contributed by atoms with Crippen LogP contribution in [-0.4, -0.2) is 53.7 Å². The second-order valence-corrected chi connectivity index (χ2v) is 6.54. The van der Waals surface area contributed by atoms with Gasteiger partial charge in [0, 0.05) is 24.5 Å². The molecule has 1 aliphatic heterocycles. The van der Waals surface area contributed by atoms with Gasteiger partial charge in [-0.15, -0.1) is 0 Å². The van der Waals surface area contributed by atoms with E-state index < -0.39 is 12.1 Å². The lowest BCUT2D eigenvalue weighted by molar-refractivity contribution is 0.0773. The van der Waals surface area contributed by atoms with E-state index in [0.29, 0.717) is 17.9 Å². The number of carbonyl (C=O) groups is 1. The van der Waals surface area contributed by atoms with E-state index in [4.69, 9.17) is 4.74 Å². The van der Waals surface area contributed by atoms with Crippen molar-refractivity contribution in [1.29, 1.82) is 0 Å². The molecule has 6 nitrogen and oxygen atoms in total. The Labute approximate surface area is 153 Å². The highest BCUT2D eigenvalue weighted by atomic mass is 16.5. The molecular formula is C20H25N3O3. The van der Waals surface area contributed by atoms with E-state index >= 15 is 0 Å². The van der Waals surface area contributed by atoms with E-state index in [1.165, 1.54) is 0 Å². The van der Waals surface area contributed by atoms with E-state index in [1.807, 2.05) is 0 Å². The maximum atomic E-state index is 12.7. The largest absolute Gasteiger partial charge is 0.497 e. The number of nitrogens with zero attached hydrogens (tertiary/aromatic N) is 2. The molecule has 2 atom stereocenters. The minimum absolute atomic E-state index is 0.204. The number of aliphatic hydroxyl groups excluding tert-OH is 1. The third kappa shape index (κ3) is 4.59. The van der Waals surface area contributed by atoms with Crippen LogP contribution in [0.3, 0.4) is 0 Å². The summed E-state index contributed by atoms with van der Waals surface area (Å²) in [6, 6.07) is 10.1. The van der Waals surface area contributed by atoms with E-state index in [1.54, 1.807) is 55.9 Å². The topological polar surface area (TPSA) is 74.7 Å². The number of benzene rings is 1. The number of hydrogen-bond donors (Lipinski definition) is 2. The van der Waals surface area contributed by atoms with Crippen LogP contribution in [0, 0.1) is 0 Å². The average molecular weight is 355 g/mol. The summed E-state index contributed by atoms with van der Waals surface area (Å²) in [5.41, 5.74) is 1.29. The van der Waals surface area contributed by atoms with Crippen LogP contribution >= 0.6 is 0 Å². The van der Waals surface area contributed by atoms with Crippen LogP contribution in [-0.2, 0) is 0 Å². The summed E-state index contributed by atoms with van der Waals surface area (Å²) in [5, 5.41) is 13.8. The summed E-state index contributed by atoms with van der Waals surface area (Å²) < 4.78 is 5.13. The zero-order chi connectivity index (χ0) is 18.4. The normalized spacial score (nSPS) is 16.8. The number of methoxy groups -OCH3 is 1. The molecular weight excluding hydrogens is 330 g/mol. The van der Waals surface area contributed by atoms with Crippen molar-refractivity contribution < 1.29 is 14.6 Å². The molecule has 1 aromatic heterocycles. The highest BCUT2D eigenvalue weighted by Crippen LogP contribution is 2.20. The fourth-order valence-electron chi connectivity index (χ4n) is 3.25. The minimum atomic E-state index is -0.791. The number of pyridine rings is 1. The number of nitrogens with one attached hydrogen (secondary N) is 1. The van der Waals surface area contributed by atoms with Crippen LogP contribution in [0.5, 0.6) is 5.75 Å². The molecule has 0 aliphatic carbocycles. The summed E-state index contributed by atoms with van der Waals surface area (Å²) in [7, 11) is 1.59. The molecule has 0 saturated carbocycles. The Morgan fingerprint density at radius 2 is 1.85 bits per heavy atom. The Hall–Kier alpha value is -2.44. The van der Waals surface area contributed by atoms with Gasteiger partial charge in [-0.3, -0.25) is 9.78 Å². The van der Waals surface area contributed by atoms with E-state index in [-0.39, 0.29) is 5.91 Å². The van der Waals surface area contributed by atoms with Gasteiger partial charge in [-0.05, 0) is 67.9 Å². The summed E-state index contributed by atoms with van der Waals surface area (Å²) in [6.07, 6.45) is 4.82. The predicted molar refractivity (Wildman–Crippen MR) is 99.1 cm³/mol. The Morgan fingerprint density at radius 3 is 2.46 bits per heavy atom. The zero-order valence-electron chi connectivity index (χ0n) is 15.0. The summed E-state index contributed by atoms with van der Waals surface area (Å²) >= 11 is 0. The molecule has 138 valence electrons. The van der Waals surface area contributed by atoms with Gasteiger partial charge in [-0.1, -0.05) is 0 Å². The molecule has 26 heavy (non-hydrogen) atoms. The maximum Gasteiger partial charge on any atom is 0.251 e. The Kier molecular flexibility index (Phi) is 6.20. The molecule has 0 unspecified atom stereocenters. The molecule has 0 radical (unpaired) electrons. The fourth-order valence-corrected chi connectivity index (χ4v) is 3.25. The van der Waals surface area contributed by atoms with Crippen LogP contribution in [0.1, 0.15) is 34.9 Å². The summed E-state index contributed by atoms with van der Waals surface area (Å²) in [6.45, 7) is 2.61. The highest BCUT2D eigenvalue weighted by molar-refractivity contribution is 5.94. The van der Waals surface area contributed by atoms with Crippen LogP contribution in [0.25, 0.3) is 0 Å². The van der Waals surface area contributed by atoms with Gasteiger partial charge in [0.1, 0.15) is 11.9 Å². The molecule has 1 fully saturated rings. The van der Waals surface area contributed by atoms with Gasteiger partial charge >= 0.3 is 0 Å². The van der Waals surface area contributed by atoms with Gasteiger partial charge in [0.05, 0.1) is 13.2 Å². The molecule has 2 aromatic rings. The lowest BCUT2D eigenvalue weighted by Gasteiger charge is -2.28. The van der Waals surface area contributed by atoms with Crippen molar-refractivity contribution in [3.63, 3.8) is 0 Å². The molecule has 3 rings (SSSR count). The SMILES string of the molecule is COc1ccc(C(=O)N[C@@H](CN2CCCC2)[C@@H](O)c2ccncc2)cc1. The van der Waals surface area contributed by atoms with Gasteiger partial charge in [-0.2, -0.15) is 0 Å². The smallest absolute Gasteiger partial charge is 0.251 e. The molecule has 1 amide bonds. The van der Waals surface area contributed by atoms with Crippen molar-refractivity contribution in [2.75, 3.05) is 26.7 Å². The zero-order valence-corrected chi connectivity index (χ0v) is 15.0. The first kappa shape index (κ1) is 18.4. The number of aromatic nitrogens is 1. The second-order valence-electron chi connectivity index (χ2n) is 6.54. The maximum absolute atomic E-state index is 12.7. The van der Waals surface area contributed by atoms with Gasteiger partial charge in [0.15, 0.2) is 0 Å².